The van der Waals surface area contributed by atoms with Crippen LogP contribution in [-0.4, -0.2) is 12.9 Å². The average Bonchev–Trinajstić information content (AvgIpc) is 3.06. The second kappa shape index (κ2) is 7.42. The van der Waals surface area contributed by atoms with Gasteiger partial charge >= 0.3 is 0 Å². The Morgan fingerprint density at radius 2 is 1.84 bits per heavy atom. The molecule has 0 saturated heterocycles. The molecule has 0 bridgehead atoms. The predicted octanol–water partition coefficient (Wildman–Crippen LogP) is 4.75. The zero-order valence-electron chi connectivity index (χ0n) is 14.6. The highest BCUT2D eigenvalue weighted by Crippen LogP contribution is 2.37. The molecule has 1 heterocycles. The van der Waals surface area contributed by atoms with E-state index in [0.717, 1.165) is 34.9 Å². The topological polar surface area (TPSA) is 46.6 Å². The van der Waals surface area contributed by atoms with Crippen molar-refractivity contribution in [3.63, 3.8) is 0 Å². The lowest BCUT2D eigenvalue weighted by molar-refractivity contribution is -0.0355. The molecule has 0 aliphatic carbocycles. The van der Waals surface area contributed by atoms with Crippen LogP contribution >= 0.6 is 0 Å². The van der Waals surface area contributed by atoms with Crippen molar-refractivity contribution in [2.75, 3.05) is 0 Å². The molecule has 4 nitrogen and oxygen atoms in total. The van der Waals surface area contributed by atoms with Gasteiger partial charge in [-0.2, -0.15) is 0 Å². The van der Waals surface area contributed by atoms with E-state index in [1.165, 1.54) is 0 Å². The maximum atomic E-state index is 13.1. The van der Waals surface area contributed by atoms with E-state index in [9.17, 15) is 8.42 Å². The Kier molecular flexibility index (Phi) is 5.25. The minimum Gasteiger partial charge on any atom is -0.395 e. The van der Waals surface area contributed by atoms with E-state index in [2.05, 4.69) is 6.92 Å². The molecule has 0 amide bonds. The third-order valence-corrected chi connectivity index (χ3v) is 5.86. The van der Waals surface area contributed by atoms with Crippen LogP contribution in [0.25, 0.3) is 0 Å². The van der Waals surface area contributed by atoms with Gasteiger partial charge in [-0.1, -0.05) is 61.4 Å². The molecule has 0 fully saturated rings. The fourth-order valence-electron chi connectivity index (χ4n) is 2.89. The van der Waals surface area contributed by atoms with Crippen LogP contribution in [0.4, 0.5) is 0 Å². The van der Waals surface area contributed by atoms with Gasteiger partial charge in [-0.05, 0) is 41.6 Å². The van der Waals surface area contributed by atoms with E-state index in [4.69, 9.17) is 4.84 Å². The fraction of sp³-hybridized carbons (Fsp3) is 0.300. The van der Waals surface area contributed by atoms with Crippen molar-refractivity contribution in [3.8, 4) is 0 Å². The third-order valence-electron chi connectivity index (χ3n) is 4.22. The lowest BCUT2D eigenvalue weighted by atomic mass is 10.0. The Morgan fingerprint density at radius 1 is 1.08 bits per heavy atom. The summed E-state index contributed by atoms with van der Waals surface area (Å²) in [5.74, 6) is 0.716. The Labute approximate surface area is 149 Å². The highest BCUT2D eigenvalue weighted by molar-refractivity contribution is 7.89. The summed E-state index contributed by atoms with van der Waals surface area (Å²) in [6, 6.07) is 15.9. The molecular formula is C20H23NO3S. The number of aryl methyl sites for hydroxylation is 1. The first-order valence-corrected chi connectivity index (χ1v) is 10.0. The number of allylic oxidation sites excluding steroid dienone is 1. The summed E-state index contributed by atoms with van der Waals surface area (Å²) in [5, 5.41) is 0. The molecule has 0 N–H and O–H groups in total. The second-order valence-corrected chi connectivity index (χ2v) is 8.04. The molecule has 2 aromatic carbocycles. The number of rotatable bonds is 6. The van der Waals surface area contributed by atoms with Gasteiger partial charge in [0.15, 0.2) is 0 Å². The lowest BCUT2D eigenvalue weighted by Crippen LogP contribution is -2.30. The van der Waals surface area contributed by atoms with Gasteiger partial charge in [0.05, 0.1) is 4.90 Å². The van der Waals surface area contributed by atoms with E-state index in [1.807, 2.05) is 37.3 Å². The van der Waals surface area contributed by atoms with Gasteiger partial charge in [-0.3, -0.25) is 0 Å². The molecule has 25 heavy (non-hydrogen) atoms. The molecule has 2 aromatic rings. The summed E-state index contributed by atoms with van der Waals surface area (Å²) in [5.41, 5.74) is 2.00. The Morgan fingerprint density at radius 3 is 2.52 bits per heavy atom. The monoisotopic (exact) mass is 357 g/mol. The zero-order valence-corrected chi connectivity index (χ0v) is 15.4. The van der Waals surface area contributed by atoms with Crippen LogP contribution in [0.1, 0.15) is 43.4 Å². The van der Waals surface area contributed by atoms with Crippen LogP contribution < -0.4 is 0 Å². The van der Waals surface area contributed by atoms with E-state index < -0.39 is 16.1 Å². The Hall–Kier alpha value is -2.11. The van der Waals surface area contributed by atoms with E-state index in [1.54, 1.807) is 30.3 Å². The number of benzene rings is 2. The van der Waals surface area contributed by atoms with Gasteiger partial charge in [-0.15, -0.1) is 0 Å². The van der Waals surface area contributed by atoms with Gasteiger partial charge in [0.1, 0.15) is 11.8 Å². The smallest absolute Gasteiger partial charge is 0.274 e. The van der Waals surface area contributed by atoms with Crippen molar-refractivity contribution < 1.29 is 13.3 Å². The Bertz CT molecular complexity index is 860. The quantitative estimate of drug-likeness (QED) is 0.750. The molecule has 132 valence electrons. The van der Waals surface area contributed by atoms with Gasteiger partial charge < -0.3 is 4.84 Å². The number of sulfonamides is 1. The lowest BCUT2D eigenvalue weighted by Gasteiger charge is -2.23. The molecule has 0 saturated carbocycles. The predicted molar refractivity (Wildman–Crippen MR) is 98.1 cm³/mol. The van der Waals surface area contributed by atoms with Crippen molar-refractivity contribution in [3.05, 3.63) is 77.6 Å². The first-order valence-electron chi connectivity index (χ1n) is 8.57. The molecule has 0 spiro atoms. The summed E-state index contributed by atoms with van der Waals surface area (Å²) in [7, 11) is -3.75. The molecular weight excluding hydrogens is 334 g/mol. The molecule has 3 rings (SSSR count). The van der Waals surface area contributed by atoms with Gasteiger partial charge in [0, 0.05) is 6.42 Å². The molecule has 1 aliphatic heterocycles. The summed E-state index contributed by atoms with van der Waals surface area (Å²) >= 11 is 0. The van der Waals surface area contributed by atoms with Crippen LogP contribution in [0.5, 0.6) is 0 Å². The number of hydrogen-bond acceptors (Lipinski definition) is 3. The van der Waals surface area contributed by atoms with Crippen molar-refractivity contribution in [2.45, 2.75) is 44.0 Å². The number of hydroxylamine groups is 1. The number of unbranched alkanes of at least 4 members (excludes halogenated alkanes) is 1. The standard InChI is InChI=1S/C20H23NO3S/c1-3-4-11-18-15-20(17-10-8-9-16(2)14-17)21(24-18)25(22,23)19-12-6-5-7-13-19/h5-10,12-15,20H,3-4,11H2,1-2H3. The average molecular weight is 357 g/mol. The molecule has 1 atom stereocenters. The van der Waals surface area contributed by atoms with E-state index in [0.29, 0.717) is 5.76 Å². The zero-order chi connectivity index (χ0) is 17.9. The Balaban J connectivity index is 1.99. The van der Waals surface area contributed by atoms with Crippen LogP contribution in [-0.2, 0) is 14.9 Å². The normalized spacial score (nSPS) is 18.0. The highest BCUT2D eigenvalue weighted by Gasteiger charge is 2.38. The van der Waals surface area contributed by atoms with Gasteiger partial charge in [0.25, 0.3) is 10.0 Å². The molecule has 1 aliphatic rings. The summed E-state index contributed by atoms with van der Waals surface area (Å²) in [6.07, 6.45) is 4.65. The number of nitrogens with zero attached hydrogens (tertiary/aromatic N) is 1. The number of hydrogen-bond donors (Lipinski definition) is 0. The molecule has 0 radical (unpaired) electrons. The first-order chi connectivity index (χ1) is 12.0. The van der Waals surface area contributed by atoms with Crippen molar-refractivity contribution in [2.24, 2.45) is 0 Å². The molecule has 5 heteroatoms. The minimum absolute atomic E-state index is 0.234. The summed E-state index contributed by atoms with van der Waals surface area (Å²) < 4.78 is 27.3. The van der Waals surface area contributed by atoms with E-state index in [-0.39, 0.29) is 4.90 Å². The molecule has 0 aromatic heterocycles. The SMILES string of the molecule is CCCCC1=CC(c2cccc(C)c2)N(S(=O)(=O)c2ccccc2)O1. The maximum Gasteiger partial charge on any atom is 0.274 e. The van der Waals surface area contributed by atoms with Crippen molar-refractivity contribution in [1.29, 1.82) is 0 Å². The minimum atomic E-state index is -3.75. The summed E-state index contributed by atoms with van der Waals surface area (Å²) in [4.78, 5) is 6.03. The highest BCUT2D eigenvalue weighted by atomic mass is 32.2. The van der Waals surface area contributed by atoms with Gasteiger partial charge in [-0.25, -0.2) is 8.42 Å². The van der Waals surface area contributed by atoms with Crippen LogP contribution in [0.2, 0.25) is 0 Å². The third kappa shape index (κ3) is 3.78. The first kappa shape index (κ1) is 17.7. The maximum absolute atomic E-state index is 13.1. The van der Waals surface area contributed by atoms with Crippen molar-refractivity contribution >= 4 is 10.0 Å². The van der Waals surface area contributed by atoms with Crippen LogP contribution in [0, 0.1) is 6.92 Å². The largest absolute Gasteiger partial charge is 0.395 e. The van der Waals surface area contributed by atoms with Crippen LogP contribution in [0.15, 0.2) is 71.3 Å². The van der Waals surface area contributed by atoms with Crippen molar-refractivity contribution in [1.82, 2.24) is 4.47 Å². The fourth-order valence-corrected chi connectivity index (χ4v) is 4.27. The second-order valence-electron chi connectivity index (χ2n) is 6.26. The van der Waals surface area contributed by atoms with Crippen LogP contribution in [0.3, 0.4) is 0 Å². The van der Waals surface area contributed by atoms with E-state index >= 15 is 0 Å². The van der Waals surface area contributed by atoms with Gasteiger partial charge in [0.2, 0.25) is 0 Å². The molecule has 1 unspecified atom stereocenters. The summed E-state index contributed by atoms with van der Waals surface area (Å²) in [6.45, 7) is 4.10.